The Morgan fingerprint density at radius 2 is 2.03 bits per heavy atom. The molecule has 164 valence electrons. The molecule has 7 nitrogen and oxygen atoms in total. The minimum Gasteiger partial charge on any atom is -0.478 e. The Hall–Kier alpha value is -1.64. The Morgan fingerprint density at radius 1 is 1.28 bits per heavy atom. The highest BCUT2D eigenvalue weighted by atomic mass is 32.2. The fraction of sp³-hybridized carbons (Fsp3) is 0.667. The first-order valence-electron chi connectivity index (χ1n) is 10.4. The van der Waals surface area contributed by atoms with Crippen molar-refractivity contribution in [1.82, 2.24) is 4.72 Å². The van der Waals surface area contributed by atoms with Crippen molar-refractivity contribution in [3.63, 3.8) is 0 Å². The summed E-state index contributed by atoms with van der Waals surface area (Å²) in [5, 5.41) is 0. The third-order valence-electron chi connectivity index (χ3n) is 4.51. The van der Waals surface area contributed by atoms with Gasteiger partial charge in [-0.25, -0.2) is 17.9 Å². The molecule has 1 aromatic rings. The summed E-state index contributed by atoms with van der Waals surface area (Å²) in [6.45, 7) is 7.97. The van der Waals surface area contributed by atoms with Crippen molar-refractivity contribution in [2.24, 2.45) is 5.92 Å². The van der Waals surface area contributed by atoms with Crippen LogP contribution in [0.2, 0.25) is 0 Å². The van der Waals surface area contributed by atoms with Crippen LogP contribution >= 0.6 is 0 Å². The molecule has 1 atom stereocenters. The van der Waals surface area contributed by atoms with Gasteiger partial charge in [0.05, 0.1) is 11.5 Å². The van der Waals surface area contributed by atoms with E-state index in [9.17, 15) is 13.2 Å². The molecule has 0 bridgehead atoms. The van der Waals surface area contributed by atoms with E-state index in [-0.39, 0.29) is 16.8 Å². The number of benzene rings is 1. The number of hydrogen-bond donors (Lipinski definition) is 1. The van der Waals surface area contributed by atoms with Gasteiger partial charge < -0.3 is 14.2 Å². The molecule has 1 heterocycles. The van der Waals surface area contributed by atoms with E-state index in [1.165, 1.54) is 6.07 Å². The maximum absolute atomic E-state index is 12.5. The topological polar surface area (TPSA) is 90.9 Å². The van der Waals surface area contributed by atoms with Crippen LogP contribution in [-0.2, 0) is 30.7 Å². The Labute approximate surface area is 174 Å². The summed E-state index contributed by atoms with van der Waals surface area (Å²) in [5.74, 6) is 0.424. The number of nitrogens with one attached hydrogen (secondary N) is 1. The lowest BCUT2D eigenvalue weighted by Crippen LogP contribution is -2.33. The first kappa shape index (κ1) is 23.6. The Balaban J connectivity index is 1.88. The number of carbonyl (C=O) groups is 1. The van der Waals surface area contributed by atoms with E-state index in [0.29, 0.717) is 51.4 Å². The molecule has 0 radical (unpaired) electrons. The number of rotatable bonds is 12. The van der Waals surface area contributed by atoms with Gasteiger partial charge in [0.25, 0.3) is 0 Å². The summed E-state index contributed by atoms with van der Waals surface area (Å²) in [6.07, 6.45) is 3.10. The van der Waals surface area contributed by atoms with Gasteiger partial charge in [-0.2, -0.15) is 0 Å². The number of carbonyl (C=O) groups excluding carboxylic acids is 1. The lowest BCUT2D eigenvalue weighted by atomic mass is 10.0. The molecule has 2 rings (SSSR count). The molecule has 0 aromatic heterocycles. The molecule has 1 unspecified atom stereocenters. The van der Waals surface area contributed by atoms with E-state index in [1.54, 1.807) is 12.1 Å². The summed E-state index contributed by atoms with van der Waals surface area (Å²) in [4.78, 5) is 12.3. The molecule has 1 aliphatic rings. The lowest BCUT2D eigenvalue weighted by molar-refractivity contribution is -0.153. The molecular formula is C21H33NO6S. The average molecular weight is 428 g/mol. The molecule has 0 fully saturated rings. The molecule has 8 heteroatoms. The predicted octanol–water partition coefficient (Wildman–Crippen LogP) is 3.06. The summed E-state index contributed by atoms with van der Waals surface area (Å²) in [7, 11) is -3.59. The Kier molecular flexibility index (Phi) is 9.39. The summed E-state index contributed by atoms with van der Waals surface area (Å²) in [6, 6.07) is 4.73. The second-order valence-corrected chi connectivity index (χ2v) is 9.42. The number of esters is 1. The van der Waals surface area contributed by atoms with Gasteiger partial charge in [-0.15, -0.1) is 0 Å². The van der Waals surface area contributed by atoms with Gasteiger partial charge in [0.15, 0.2) is 6.10 Å². The minimum absolute atomic E-state index is 0.201. The van der Waals surface area contributed by atoms with Gasteiger partial charge >= 0.3 is 5.97 Å². The quantitative estimate of drug-likeness (QED) is 0.407. The zero-order valence-corrected chi connectivity index (χ0v) is 18.4. The monoisotopic (exact) mass is 427 g/mol. The van der Waals surface area contributed by atoms with Crippen molar-refractivity contribution >= 4 is 16.0 Å². The van der Waals surface area contributed by atoms with Crippen molar-refractivity contribution in [2.75, 3.05) is 26.4 Å². The van der Waals surface area contributed by atoms with Crippen LogP contribution in [0.5, 0.6) is 5.75 Å². The summed E-state index contributed by atoms with van der Waals surface area (Å²) in [5.41, 5.74) is 0.781. The van der Waals surface area contributed by atoms with Crippen molar-refractivity contribution in [2.45, 2.75) is 63.9 Å². The van der Waals surface area contributed by atoms with E-state index in [1.807, 2.05) is 13.8 Å². The number of ether oxygens (including phenoxy) is 3. The summed E-state index contributed by atoms with van der Waals surface area (Å²) < 4.78 is 44.0. The molecule has 0 saturated heterocycles. The van der Waals surface area contributed by atoms with Gasteiger partial charge in [-0.3, -0.25) is 0 Å². The SMILES string of the molecule is CCCCOCCCNS(=O)(=O)c1ccc2c(c1)CCC(C(=O)OCC(C)C)O2. The van der Waals surface area contributed by atoms with Crippen molar-refractivity contribution in [3.8, 4) is 5.75 Å². The second-order valence-electron chi connectivity index (χ2n) is 7.66. The van der Waals surface area contributed by atoms with Crippen LogP contribution in [0, 0.1) is 5.92 Å². The molecule has 0 aliphatic carbocycles. The largest absolute Gasteiger partial charge is 0.478 e. The molecule has 0 amide bonds. The second kappa shape index (κ2) is 11.5. The Bertz CT molecular complexity index is 762. The van der Waals surface area contributed by atoms with E-state index < -0.39 is 16.1 Å². The molecule has 1 N–H and O–H groups in total. The third-order valence-corrected chi connectivity index (χ3v) is 5.97. The zero-order chi connectivity index (χ0) is 21.3. The maximum Gasteiger partial charge on any atom is 0.347 e. The fourth-order valence-electron chi connectivity index (χ4n) is 2.85. The smallest absolute Gasteiger partial charge is 0.347 e. The van der Waals surface area contributed by atoms with Gasteiger partial charge in [-0.05, 0) is 55.4 Å². The summed E-state index contributed by atoms with van der Waals surface area (Å²) >= 11 is 0. The number of aryl methyl sites for hydroxylation is 1. The van der Waals surface area contributed by atoms with E-state index in [4.69, 9.17) is 14.2 Å². The fourth-order valence-corrected chi connectivity index (χ4v) is 3.98. The van der Waals surface area contributed by atoms with Gasteiger partial charge in [-0.1, -0.05) is 27.2 Å². The third kappa shape index (κ3) is 7.60. The highest BCUT2D eigenvalue weighted by Crippen LogP contribution is 2.30. The van der Waals surface area contributed by atoms with Crippen LogP contribution < -0.4 is 9.46 Å². The molecular weight excluding hydrogens is 394 g/mol. The first-order valence-corrected chi connectivity index (χ1v) is 11.9. The average Bonchev–Trinajstić information content (AvgIpc) is 2.70. The van der Waals surface area contributed by atoms with E-state index in [2.05, 4.69) is 11.6 Å². The highest BCUT2D eigenvalue weighted by Gasteiger charge is 2.28. The van der Waals surface area contributed by atoms with Gasteiger partial charge in [0.2, 0.25) is 10.0 Å². The normalized spacial score (nSPS) is 16.3. The van der Waals surface area contributed by atoms with Crippen LogP contribution in [-0.4, -0.2) is 46.9 Å². The van der Waals surface area contributed by atoms with Crippen LogP contribution in [0.15, 0.2) is 23.1 Å². The van der Waals surface area contributed by atoms with Crippen molar-refractivity contribution in [1.29, 1.82) is 0 Å². The number of sulfonamides is 1. The molecule has 0 spiro atoms. The van der Waals surface area contributed by atoms with E-state index >= 15 is 0 Å². The van der Waals surface area contributed by atoms with Gasteiger partial charge in [0.1, 0.15) is 5.75 Å². The highest BCUT2D eigenvalue weighted by molar-refractivity contribution is 7.89. The molecule has 1 aliphatic heterocycles. The van der Waals surface area contributed by atoms with Crippen LogP contribution in [0.3, 0.4) is 0 Å². The zero-order valence-electron chi connectivity index (χ0n) is 17.6. The first-order chi connectivity index (χ1) is 13.8. The van der Waals surface area contributed by atoms with Crippen LogP contribution in [0.25, 0.3) is 0 Å². The molecule has 1 aromatic carbocycles. The maximum atomic E-state index is 12.5. The number of fused-ring (bicyclic) bond motifs is 1. The number of unbranched alkanes of at least 4 members (excludes halogenated alkanes) is 1. The van der Waals surface area contributed by atoms with Crippen LogP contribution in [0.1, 0.15) is 52.0 Å². The number of hydrogen-bond acceptors (Lipinski definition) is 6. The van der Waals surface area contributed by atoms with Gasteiger partial charge in [0, 0.05) is 19.8 Å². The predicted molar refractivity (Wildman–Crippen MR) is 111 cm³/mol. The minimum atomic E-state index is -3.59. The Morgan fingerprint density at radius 3 is 2.76 bits per heavy atom. The standard InChI is InChI=1S/C21H33NO6S/c1-4-5-12-26-13-6-11-22-29(24,25)18-8-10-19-17(14-18)7-9-20(28-19)21(23)27-15-16(2)3/h8,10,14,16,20,22H,4-7,9,11-13,15H2,1-3H3. The van der Waals surface area contributed by atoms with Crippen molar-refractivity contribution < 1.29 is 27.4 Å². The lowest BCUT2D eigenvalue weighted by Gasteiger charge is -2.25. The van der Waals surface area contributed by atoms with E-state index in [0.717, 1.165) is 18.4 Å². The van der Waals surface area contributed by atoms with Crippen molar-refractivity contribution in [3.05, 3.63) is 23.8 Å². The molecule has 29 heavy (non-hydrogen) atoms. The van der Waals surface area contributed by atoms with Crippen LogP contribution in [0.4, 0.5) is 0 Å². The molecule has 0 saturated carbocycles.